The number of fused-ring (bicyclic) bond motifs is 1. The topological polar surface area (TPSA) is 60.9 Å². The van der Waals surface area contributed by atoms with Gasteiger partial charge in [-0.05, 0) is 41.1 Å². The zero-order chi connectivity index (χ0) is 16.5. The Morgan fingerprint density at radius 2 is 1.92 bits per heavy atom. The van der Waals surface area contributed by atoms with Gasteiger partial charge in [0.25, 0.3) is 0 Å². The fourth-order valence-corrected chi connectivity index (χ4v) is 3.54. The first-order valence-electron chi connectivity index (χ1n) is 8.09. The summed E-state index contributed by atoms with van der Waals surface area (Å²) >= 11 is 3.60. The standard InChI is InChI=1S/C17H19BrN6/c1-12-19-15(22-21-12)11-23-7-9-24(10-8-23)16-6-5-13-3-2-4-14(18)17(13)20-16/h2-6H,7-11H2,1H3,(H,19,21,22). The minimum absolute atomic E-state index is 0.800. The molecule has 0 atom stereocenters. The van der Waals surface area contributed by atoms with Gasteiger partial charge in [-0.25, -0.2) is 9.97 Å². The Morgan fingerprint density at radius 1 is 1.08 bits per heavy atom. The first kappa shape index (κ1) is 15.5. The number of piperazine rings is 1. The van der Waals surface area contributed by atoms with Gasteiger partial charge in [-0.15, -0.1) is 0 Å². The molecule has 2 aromatic heterocycles. The van der Waals surface area contributed by atoms with E-state index in [-0.39, 0.29) is 0 Å². The van der Waals surface area contributed by atoms with Crippen LogP contribution in [-0.4, -0.2) is 51.2 Å². The van der Waals surface area contributed by atoms with Crippen molar-refractivity contribution in [3.8, 4) is 0 Å². The molecule has 24 heavy (non-hydrogen) atoms. The third-order valence-electron chi connectivity index (χ3n) is 4.36. The lowest BCUT2D eigenvalue weighted by Crippen LogP contribution is -2.46. The lowest BCUT2D eigenvalue weighted by molar-refractivity contribution is 0.244. The van der Waals surface area contributed by atoms with Crippen molar-refractivity contribution in [3.63, 3.8) is 0 Å². The van der Waals surface area contributed by atoms with E-state index in [2.05, 4.69) is 59.1 Å². The number of hydrogen-bond donors (Lipinski definition) is 1. The highest BCUT2D eigenvalue weighted by Crippen LogP contribution is 2.25. The highest BCUT2D eigenvalue weighted by Gasteiger charge is 2.19. The summed E-state index contributed by atoms with van der Waals surface area (Å²) in [6.07, 6.45) is 0. The normalized spacial score (nSPS) is 16.0. The SMILES string of the molecule is Cc1nc(CN2CCN(c3ccc4cccc(Br)c4n3)CC2)n[nH]1. The second-order valence-corrected chi connectivity index (χ2v) is 6.94. The van der Waals surface area contributed by atoms with Crippen molar-refractivity contribution in [2.24, 2.45) is 0 Å². The second kappa shape index (κ2) is 6.49. The second-order valence-electron chi connectivity index (χ2n) is 6.08. The number of anilines is 1. The Hall–Kier alpha value is -1.99. The average molecular weight is 387 g/mol. The highest BCUT2D eigenvalue weighted by molar-refractivity contribution is 9.10. The maximum absolute atomic E-state index is 4.84. The number of H-pyrrole nitrogens is 1. The van der Waals surface area contributed by atoms with Crippen molar-refractivity contribution >= 4 is 32.7 Å². The van der Waals surface area contributed by atoms with E-state index >= 15 is 0 Å². The number of benzene rings is 1. The van der Waals surface area contributed by atoms with Gasteiger partial charge in [0.2, 0.25) is 0 Å². The van der Waals surface area contributed by atoms with Crippen LogP contribution < -0.4 is 4.90 Å². The van der Waals surface area contributed by atoms with Crippen LogP contribution in [-0.2, 0) is 6.54 Å². The Morgan fingerprint density at radius 3 is 2.67 bits per heavy atom. The average Bonchev–Trinajstić information content (AvgIpc) is 3.01. The zero-order valence-electron chi connectivity index (χ0n) is 13.5. The molecule has 3 aromatic rings. The molecule has 0 spiro atoms. The number of halogens is 1. The summed E-state index contributed by atoms with van der Waals surface area (Å²) in [7, 11) is 0. The first-order valence-corrected chi connectivity index (χ1v) is 8.89. The molecule has 0 radical (unpaired) electrons. The van der Waals surface area contributed by atoms with Gasteiger partial charge in [0.15, 0.2) is 5.82 Å². The van der Waals surface area contributed by atoms with Gasteiger partial charge >= 0.3 is 0 Å². The number of aromatic nitrogens is 4. The molecule has 3 heterocycles. The van der Waals surface area contributed by atoms with Crippen LogP contribution in [0.25, 0.3) is 10.9 Å². The van der Waals surface area contributed by atoms with Crippen molar-refractivity contribution in [2.45, 2.75) is 13.5 Å². The number of aryl methyl sites for hydroxylation is 1. The lowest BCUT2D eigenvalue weighted by atomic mass is 10.2. The van der Waals surface area contributed by atoms with E-state index in [9.17, 15) is 0 Å². The third-order valence-corrected chi connectivity index (χ3v) is 5.00. The summed E-state index contributed by atoms with van der Waals surface area (Å²) < 4.78 is 1.04. The van der Waals surface area contributed by atoms with Gasteiger partial charge in [0, 0.05) is 36.0 Å². The maximum Gasteiger partial charge on any atom is 0.164 e. The van der Waals surface area contributed by atoms with Crippen molar-refractivity contribution in [1.29, 1.82) is 0 Å². The van der Waals surface area contributed by atoms with E-state index in [4.69, 9.17) is 4.98 Å². The number of rotatable bonds is 3. The summed E-state index contributed by atoms with van der Waals surface area (Å²) in [5, 5.41) is 8.28. The van der Waals surface area contributed by atoms with Crippen LogP contribution in [0.2, 0.25) is 0 Å². The molecular formula is C17H19BrN6. The van der Waals surface area contributed by atoms with E-state index in [1.54, 1.807) is 0 Å². The Labute approximate surface area is 149 Å². The highest BCUT2D eigenvalue weighted by atomic mass is 79.9. The van der Waals surface area contributed by atoms with Crippen molar-refractivity contribution in [1.82, 2.24) is 25.1 Å². The first-order chi connectivity index (χ1) is 11.7. The molecular weight excluding hydrogens is 368 g/mol. The number of aromatic amines is 1. The van der Waals surface area contributed by atoms with Crippen LogP contribution in [0.15, 0.2) is 34.8 Å². The van der Waals surface area contributed by atoms with E-state index in [1.165, 1.54) is 0 Å². The molecule has 6 nitrogen and oxygen atoms in total. The van der Waals surface area contributed by atoms with Crippen LogP contribution in [0.4, 0.5) is 5.82 Å². The smallest absolute Gasteiger partial charge is 0.164 e. The van der Waals surface area contributed by atoms with E-state index in [0.29, 0.717) is 0 Å². The summed E-state index contributed by atoms with van der Waals surface area (Å²) in [6, 6.07) is 10.4. The van der Waals surface area contributed by atoms with Crippen LogP contribution in [0.1, 0.15) is 11.6 Å². The van der Waals surface area contributed by atoms with Crippen molar-refractivity contribution < 1.29 is 0 Å². The van der Waals surface area contributed by atoms with Crippen LogP contribution in [0.3, 0.4) is 0 Å². The van der Waals surface area contributed by atoms with Gasteiger partial charge in [0.05, 0.1) is 12.1 Å². The van der Waals surface area contributed by atoms with Gasteiger partial charge in [-0.2, -0.15) is 5.10 Å². The predicted octanol–water partition coefficient (Wildman–Crippen LogP) is 2.75. The Bertz CT molecular complexity index is 853. The molecule has 0 amide bonds. The third kappa shape index (κ3) is 3.14. The molecule has 1 N–H and O–H groups in total. The molecule has 7 heteroatoms. The predicted molar refractivity (Wildman–Crippen MR) is 98.1 cm³/mol. The molecule has 1 aliphatic heterocycles. The Kier molecular flexibility index (Phi) is 4.20. The summed E-state index contributed by atoms with van der Waals surface area (Å²) in [6.45, 7) is 6.64. The summed E-state index contributed by atoms with van der Waals surface area (Å²) in [4.78, 5) is 14.0. The van der Waals surface area contributed by atoms with Crippen LogP contribution in [0.5, 0.6) is 0 Å². The molecule has 0 saturated carbocycles. The largest absolute Gasteiger partial charge is 0.354 e. The van der Waals surface area contributed by atoms with Crippen LogP contribution in [0, 0.1) is 6.92 Å². The lowest BCUT2D eigenvalue weighted by Gasteiger charge is -2.34. The van der Waals surface area contributed by atoms with E-state index in [0.717, 1.165) is 65.6 Å². The maximum atomic E-state index is 4.84. The molecule has 1 fully saturated rings. The minimum atomic E-state index is 0.800. The molecule has 124 valence electrons. The zero-order valence-corrected chi connectivity index (χ0v) is 15.1. The molecule has 0 unspecified atom stereocenters. The fraction of sp³-hybridized carbons (Fsp3) is 0.353. The molecule has 1 aliphatic rings. The molecule has 1 aromatic carbocycles. The van der Waals surface area contributed by atoms with Crippen molar-refractivity contribution in [3.05, 3.63) is 46.5 Å². The van der Waals surface area contributed by atoms with E-state index < -0.39 is 0 Å². The van der Waals surface area contributed by atoms with Crippen molar-refractivity contribution in [2.75, 3.05) is 31.1 Å². The monoisotopic (exact) mass is 386 g/mol. The number of nitrogens with zero attached hydrogens (tertiary/aromatic N) is 5. The van der Waals surface area contributed by atoms with Crippen LogP contribution >= 0.6 is 15.9 Å². The minimum Gasteiger partial charge on any atom is -0.354 e. The molecule has 0 aliphatic carbocycles. The van der Waals surface area contributed by atoms with Gasteiger partial charge in [-0.1, -0.05) is 12.1 Å². The molecule has 0 bridgehead atoms. The Balaban J connectivity index is 1.44. The van der Waals surface area contributed by atoms with Gasteiger partial charge < -0.3 is 4.90 Å². The fourth-order valence-electron chi connectivity index (χ4n) is 3.07. The summed E-state index contributed by atoms with van der Waals surface area (Å²) in [5.41, 5.74) is 1.02. The number of para-hydroxylation sites is 1. The van der Waals surface area contributed by atoms with E-state index in [1.807, 2.05) is 19.1 Å². The summed E-state index contributed by atoms with van der Waals surface area (Å²) in [5.74, 6) is 2.78. The quantitative estimate of drug-likeness (QED) is 0.749. The number of hydrogen-bond acceptors (Lipinski definition) is 5. The number of nitrogens with one attached hydrogen (secondary N) is 1. The molecule has 4 rings (SSSR count). The number of pyridine rings is 1. The van der Waals surface area contributed by atoms with Gasteiger partial charge in [-0.3, -0.25) is 10.00 Å². The van der Waals surface area contributed by atoms with Gasteiger partial charge in [0.1, 0.15) is 11.6 Å². The molecule has 1 saturated heterocycles.